The molecule has 1 aromatic heterocycles. The van der Waals surface area contributed by atoms with Crippen molar-refractivity contribution >= 4 is 33.0 Å². The van der Waals surface area contributed by atoms with Gasteiger partial charge in [-0.3, -0.25) is 9.52 Å². The minimum absolute atomic E-state index is 0.135. The van der Waals surface area contributed by atoms with Crippen LogP contribution in [0.4, 0.5) is 10.1 Å². The van der Waals surface area contributed by atoms with Crippen LogP contribution in [0.15, 0.2) is 58.8 Å². The van der Waals surface area contributed by atoms with Crippen LogP contribution in [-0.4, -0.2) is 19.3 Å². The average Bonchev–Trinajstić information content (AvgIpc) is 3.17. The molecule has 9 heteroatoms. The van der Waals surface area contributed by atoms with Gasteiger partial charge in [0.05, 0.1) is 27.8 Å². The van der Waals surface area contributed by atoms with Crippen LogP contribution in [0.1, 0.15) is 40.8 Å². The number of carbonyl (C=O) groups is 1. The molecule has 0 saturated heterocycles. The number of nitrogens with zero attached hydrogens (tertiary/aromatic N) is 1. The minimum atomic E-state index is -4.05. The van der Waals surface area contributed by atoms with Crippen molar-refractivity contribution in [1.82, 2.24) is 10.3 Å². The van der Waals surface area contributed by atoms with Gasteiger partial charge in [0.25, 0.3) is 15.9 Å². The number of rotatable bonds is 7. The zero-order valence-corrected chi connectivity index (χ0v) is 17.5. The highest BCUT2D eigenvalue weighted by Crippen LogP contribution is 2.21. The fourth-order valence-corrected chi connectivity index (χ4v) is 4.44. The second kappa shape index (κ2) is 8.71. The maximum Gasteiger partial charge on any atom is 0.262 e. The molecular formula is C20H20FN3O3S2. The third-order valence-corrected chi connectivity index (χ3v) is 6.58. The first-order valence-corrected chi connectivity index (χ1v) is 11.2. The Balaban J connectivity index is 1.72. The zero-order valence-electron chi connectivity index (χ0n) is 15.8. The Kier molecular flexibility index (Phi) is 6.29. The maximum atomic E-state index is 13.8. The third-order valence-electron chi connectivity index (χ3n) is 4.02. The van der Waals surface area contributed by atoms with Gasteiger partial charge in [-0.2, -0.15) is 0 Å². The summed E-state index contributed by atoms with van der Waals surface area (Å²) >= 11 is 1.53. The molecule has 2 N–H and O–H groups in total. The molecule has 0 spiro atoms. The lowest BCUT2D eigenvalue weighted by molar-refractivity contribution is 0.0950. The van der Waals surface area contributed by atoms with Crippen LogP contribution in [0, 0.1) is 5.82 Å². The van der Waals surface area contributed by atoms with E-state index in [9.17, 15) is 17.6 Å². The van der Waals surface area contributed by atoms with E-state index in [1.54, 1.807) is 0 Å². The molecule has 0 aliphatic heterocycles. The molecule has 29 heavy (non-hydrogen) atoms. The number of aromatic nitrogens is 1. The molecule has 0 radical (unpaired) electrons. The van der Waals surface area contributed by atoms with E-state index in [0.717, 1.165) is 16.8 Å². The smallest absolute Gasteiger partial charge is 0.262 e. The molecule has 1 amide bonds. The molecule has 0 bridgehead atoms. The highest BCUT2D eigenvalue weighted by atomic mass is 32.2. The van der Waals surface area contributed by atoms with Crippen LogP contribution < -0.4 is 10.0 Å². The molecule has 0 fully saturated rings. The Morgan fingerprint density at radius 2 is 1.93 bits per heavy atom. The number of nitrogens with one attached hydrogen (secondary N) is 2. The van der Waals surface area contributed by atoms with E-state index in [1.165, 1.54) is 53.8 Å². The molecule has 3 aromatic rings. The van der Waals surface area contributed by atoms with Crippen LogP contribution >= 0.6 is 11.3 Å². The van der Waals surface area contributed by atoms with Crippen LogP contribution in [0.25, 0.3) is 0 Å². The summed E-state index contributed by atoms with van der Waals surface area (Å²) in [7, 11) is -4.05. The zero-order chi connectivity index (χ0) is 21.0. The molecule has 0 aliphatic carbocycles. The van der Waals surface area contributed by atoms with E-state index < -0.39 is 21.7 Å². The van der Waals surface area contributed by atoms with Crippen molar-refractivity contribution in [2.75, 3.05) is 4.72 Å². The highest BCUT2D eigenvalue weighted by molar-refractivity contribution is 7.92. The number of hydrogen-bond acceptors (Lipinski definition) is 5. The molecule has 0 aliphatic rings. The summed E-state index contributed by atoms with van der Waals surface area (Å²) in [5, 5.41) is 5.61. The van der Waals surface area contributed by atoms with E-state index in [2.05, 4.69) is 15.0 Å². The van der Waals surface area contributed by atoms with Crippen molar-refractivity contribution in [3.05, 3.63) is 76.0 Å². The number of anilines is 1. The van der Waals surface area contributed by atoms with Gasteiger partial charge in [-0.1, -0.05) is 32.0 Å². The van der Waals surface area contributed by atoms with E-state index in [1.807, 2.05) is 19.2 Å². The standard InChI is InChI=1S/C20H20FN3O3S2/c1-13(2)20-23-15(12-28-20)11-22-19(25)14-6-5-7-16(10-14)29(26,27)24-18-9-4-3-8-17(18)21/h3-10,12-13,24H,11H2,1-2H3,(H,22,25). The number of para-hydroxylation sites is 1. The highest BCUT2D eigenvalue weighted by Gasteiger charge is 2.18. The Morgan fingerprint density at radius 3 is 2.62 bits per heavy atom. The largest absolute Gasteiger partial charge is 0.346 e. The Labute approximate surface area is 172 Å². The fraction of sp³-hybridized carbons (Fsp3) is 0.200. The lowest BCUT2D eigenvalue weighted by atomic mass is 10.2. The first-order valence-electron chi connectivity index (χ1n) is 8.86. The molecule has 152 valence electrons. The molecule has 0 saturated carbocycles. The predicted octanol–water partition coefficient (Wildman–Crippen LogP) is 4.14. The maximum absolute atomic E-state index is 13.8. The van der Waals surface area contributed by atoms with Gasteiger partial charge in [0, 0.05) is 16.9 Å². The Hall–Kier alpha value is -2.78. The molecule has 0 atom stereocenters. The number of sulfonamides is 1. The Morgan fingerprint density at radius 1 is 1.17 bits per heavy atom. The number of carbonyl (C=O) groups excluding carboxylic acids is 1. The van der Waals surface area contributed by atoms with Gasteiger partial charge >= 0.3 is 0 Å². The van der Waals surface area contributed by atoms with Gasteiger partial charge in [0.2, 0.25) is 0 Å². The van der Waals surface area contributed by atoms with Gasteiger partial charge in [-0.25, -0.2) is 17.8 Å². The van der Waals surface area contributed by atoms with Crippen LogP contribution in [0.3, 0.4) is 0 Å². The van der Waals surface area contributed by atoms with E-state index in [4.69, 9.17) is 0 Å². The number of benzene rings is 2. The average molecular weight is 434 g/mol. The van der Waals surface area contributed by atoms with Crippen molar-refractivity contribution in [3.63, 3.8) is 0 Å². The van der Waals surface area contributed by atoms with Gasteiger partial charge in [0.1, 0.15) is 5.82 Å². The van der Waals surface area contributed by atoms with Gasteiger partial charge in [-0.05, 0) is 30.3 Å². The summed E-state index contributed by atoms with van der Waals surface area (Å²) in [6, 6.07) is 11.0. The van der Waals surface area contributed by atoms with Crippen LogP contribution in [-0.2, 0) is 16.6 Å². The van der Waals surface area contributed by atoms with Crippen molar-refractivity contribution in [2.45, 2.75) is 31.2 Å². The van der Waals surface area contributed by atoms with E-state index in [-0.39, 0.29) is 22.7 Å². The monoisotopic (exact) mass is 433 g/mol. The molecule has 3 rings (SSSR count). The predicted molar refractivity (Wildman–Crippen MR) is 111 cm³/mol. The number of thiazole rings is 1. The van der Waals surface area contributed by atoms with Crippen LogP contribution in [0.2, 0.25) is 0 Å². The lowest BCUT2D eigenvalue weighted by Crippen LogP contribution is -2.23. The molecule has 0 unspecified atom stereocenters. The SMILES string of the molecule is CC(C)c1nc(CNC(=O)c2cccc(S(=O)(=O)Nc3ccccc3F)c2)cs1. The van der Waals surface area contributed by atoms with Crippen molar-refractivity contribution in [1.29, 1.82) is 0 Å². The molecule has 1 heterocycles. The second-order valence-corrected chi connectivity index (χ2v) is 9.20. The van der Waals surface area contributed by atoms with Gasteiger partial charge in [0.15, 0.2) is 0 Å². The van der Waals surface area contributed by atoms with Gasteiger partial charge < -0.3 is 5.32 Å². The second-order valence-electron chi connectivity index (χ2n) is 6.63. The fourth-order valence-electron chi connectivity index (χ4n) is 2.49. The summed E-state index contributed by atoms with van der Waals surface area (Å²) in [5.74, 6) is -0.797. The summed E-state index contributed by atoms with van der Waals surface area (Å²) < 4.78 is 41.1. The summed E-state index contributed by atoms with van der Waals surface area (Å²) in [6.45, 7) is 4.33. The molecule has 6 nitrogen and oxygen atoms in total. The summed E-state index contributed by atoms with van der Waals surface area (Å²) in [5.41, 5.74) is 0.768. The van der Waals surface area contributed by atoms with Crippen molar-refractivity contribution < 1.29 is 17.6 Å². The number of amides is 1. The lowest BCUT2D eigenvalue weighted by Gasteiger charge is -2.10. The minimum Gasteiger partial charge on any atom is -0.346 e. The normalized spacial score (nSPS) is 11.4. The summed E-state index contributed by atoms with van der Waals surface area (Å²) in [6.07, 6.45) is 0. The topological polar surface area (TPSA) is 88.2 Å². The molecule has 2 aromatic carbocycles. The third kappa shape index (κ3) is 5.18. The number of halogens is 1. The van der Waals surface area contributed by atoms with Gasteiger partial charge in [-0.15, -0.1) is 11.3 Å². The van der Waals surface area contributed by atoms with E-state index in [0.29, 0.717) is 5.92 Å². The van der Waals surface area contributed by atoms with Crippen LogP contribution in [0.5, 0.6) is 0 Å². The first kappa shape index (κ1) is 20.9. The Bertz CT molecular complexity index is 1130. The molecular weight excluding hydrogens is 413 g/mol. The first-order chi connectivity index (χ1) is 13.8. The van der Waals surface area contributed by atoms with Crippen molar-refractivity contribution in [3.8, 4) is 0 Å². The number of hydrogen-bond donors (Lipinski definition) is 2. The van der Waals surface area contributed by atoms with E-state index >= 15 is 0 Å². The quantitative estimate of drug-likeness (QED) is 0.586. The summed E-state index contributed by atoms with van der Waals surface area (Å²) in [4.78, 5) is 16.8. The van der Waals surface area contributed by atoms with Crippen molar-refractivity contribution in [2.24, 2.45) is 0 Å².